The molecule has 178 valence electrons. The highest BCUT2D eigenvalue weighted by Gasteiger charge is 2.15. The summed E-state index contributed by atoms with van der Waals surface area (Å²) in [5, 5.41) is 19.1. The first-order valence-electron chi connectivity index (χ1n) is 12.8. The summed E-state index contributed by atoms with van der Waals surface area (Å²) in [4.78, 5) is 0. The van der Waals surface area contributed by atoms with E-state index in [1.54, 1.807) is 0 Å². The van der Waals surface area contributed by atoms with Gasteiger partial charge in [-0.1, -0.05) is 113 Å². The average Bonchev–Trinajstić information content (AvgIpc) is 2.83. The smallest absolute Gasteiger partial charge is 0.126 e. The van der Waals surface area contributed by atoms with Crippen LogP contribution in [0.4, 0.5) is 0 Å². The van der Waals surface area contributed by atoms with Crippen molar-refractivity contribution in [3.8, 4) is 5.75 Å². The van der Waals surface area contributed by atoms with E-state index in [0.29, 0.717) is 13.0 Å². The van der Waals surface area contributed by atoms with Crippen LogP contribution in [0.15, 0.2) is 48.5 Å². The van der Waals surface area contributed by atoms with Crippen LogP contribution >= 0.6 is 0 Å². The van der Waals surface area contributed by atoms with Gasteiger partial charge in [-0.25, -0.2) is 0 Å². The number of para-hydroxylation sites is 1. The van der Waals surface area contributed by atoms with Gasteiger partial charge in [0.05, 0.1) is 0 Å². The summed E-state index contributed by atoms with van der Waals surface area (Å²) in [5.74, 6) is 0.792. The molecule has 32 heavy (non-hydrogen) atoms. The van der Waals surface area contributed by atoms with Gasteiger partial charge in [-0.3, -0.25) is 0 Å². The van der Waals surface area contributed by atoms with Gasteiger partial charge >= 0.3 is 0 Å². The van der Waals surface area contributed by atoms with Crippen LogP contribution in [0.2, 0.25) is 0 Å². The summed E-state index contributed by atoms with van der Waals surface area (Å²) in [6, 6.07) is 16.6. The van der Waals surface area contributed by atoms with Crippen molar-refractivity contribution in [2.24, 2.45) is 5.92 Å². The van der Waals surface area contributed by atoms with E-state index >= 15 is 0 Å². The first kappa shape index (κ1) is 26.4. The standard InChI is InChI=1S/C29H44O3/c1-2-3-4-5-6-7-8-9-10-14-18-27-19-15-20-28(21-26(22-30)23-31)29(27)32-24-25-16-12-11-13-17-25/h11-13,15-17,19-20,26,30-31H,2-10,14,18,21-24H2,1H3. The third kappa shape index (κ3) is 10.2. The fourth-order valence-electron chi connectivity index (χ4n) is 4.21. The normalized spacial score (nSPS) is 11.2. The number of hydrogen-bond acceptors (Lipinski definition) is 3. The number of benzene rings is 2. The highest BCUT2D eigenvalue weighted by Crippen LogP contribution is 2.29. The fourth-order valence-corrected chi connectivity index (χ4v) is 4.21. The van der Waals surface area contributed by atoms with Crippen molar-refractivity contribution in [1.82, 2.24) is 0 Å². The second kappa shape index (κ2) is 16.7. The molecule has 0 atom stereocenters. The Morgan fingerprint density at radius 3 is 1.91 bits per heavy atom. The Balaban J connectivity index is 1.88. The lowest BCUT2D eigenvalue weighted by Crippen LogP contribution is -2.15. The van der Waals surface area contributed by atoms with E-state index in [-0.39, 0.29) is 19.1 Å². The van der Waals surface area contributed by atoms with E-state index in [1.807, 2.05) is 18.2 Å². The molecule has 0 amide bonds. The molecule has 0 aromatic heterocycles. The molecule has 3 nitrogen and oxygen atoms in total. The Labute approximate surface area is 195 Å². The molecule has 0 spiro atoms. The van der Waals surface area contributed by atoms with Gasteiger partial charge in [0, 0.05) is 19.1 Å². The number of aryl methyl sites for hydroxylation is 1. The number of hydrogen-bond donors (Lipinski definition) is 2. The van der Waals surface area contributed by atoms with Crippen LogP contribution in [0.25, 0.3) is 0 Å². The predicted octanol–water partition coefficient (Wildman–Crippen LogP) is 6.87. The first-order chi connectivity index (χ1) is 15.8. The molecule has 2 rings (SSSR count). The van der Waals surface area contributed by atoms with Crippen molar-refractivity contribution >= 4 is 0 Å². The Bertz CT molecular complexity index is 710. The van der Waals surface area contributed by atoms with Crippen molar-refractivity contribution in [3.63, 3.8) is 0 Å². The van der Waals surface area contributed by atoms with Gasteiger partial charge in [0.1, 0.15) is 12.4 Å². The van der Waals surface area contributed by atoms with Gasteiger partial charge in [-0.2, -0.15) is 0 Å². The molecule has 2 N–H and O–H groups in total. The van der Waals surface area contributed by atoms with Crippen molar-refractivity contribution in [3.05, 3.63) is 65.2 Å². The van der Waals surface area contributed by atoms with Crippen molar-refractivity contribution < 1.29 is 14.9 Å². The highest BCUT2D eigenvalue weighted by atomic mass is 16.5. The van der Waals surface area contributed by atoms with Gasteiger partial charge in [0.15, 0.2) is 0 Å². The molecule has 0 saturated heterocycles. The Morgan fingerprint density at radius 2 is 1.28 bits per heavy atom. The zero-order valence-corrected chi connectivity index (χ0v) is 20.1. The molecular weight excluding hydrogens is 396 g/mol. The van der Waals surface area contributed by atoms with Gasteiger partial charge in [-0.05, 0) is 36.0 Å². The maximum Gasteiger partial charge on any atom is 0.126 e. The molecule has 0 fully saturated rings. The second-order valence-electron chi connectivity index (χ2n) is 9.05. The van der Waals surface area contributed by atoms with E-state index in [4.69, 9.17) is 4.74 Å². The van der Waals surface area contributed by atoms with Crippen LogP contribution in [-0.2, 0) is 19.4 Å². The highest BCUT2D eigenvalue weighted by molar-refractivity contribution is 5.42. The van der Waals surface area contributed by atoms with E-state index in [0.717, 1.165) is 23.3 Å². The maximum atomic E-state index is 9.56. The molecule has 0 saturated carbocycles. The van der Waals surface area contributed by atoms with Gasteiger partial charge in [-0.15, -0.1) is 0 Å². The van der Waals surface area contributed by atoms with E-state index in [2.05, 4.69) is 37.3 Å². The molecule has 0 aliphatic rings. The summed E-state index contributed by atoms with van der Waals surface area (Å²) >= 11 is 0. The second-order valence-corrected chi connectivity index (χ2v) is 9.05. The Hall–Kier alpha value is -1.84. The molecule has 0 aliphatic heterocycles. The van der Waals surface area contributed by atoms with Crippen molar-refractivity contribution in [2.45, 2.75) is 90.6 Å². The first-order valence-corrected chi connectivity index (χ1v) is 12.8. The molecule has 2 aromatic rings. The van der Waals surface area contributed by atoms with Crippen molar-refractivity contribution in [2.75, 3.05) is 13.2 Å². The number of unbranched alkanes of at least 4 members (excludes halogenated alkanes) is 9. The van der Waals surface area contributed by atoms with Crippen LogP contribution in [0.1, 0.15) is 87.8 Å². The summed E-state index contributed by atoms with van der Waals surface area (Å²) in [5.41, 5.74) is 3.47. The van der Waals surface area contributed by atoms with Crippen LogP contribution < -0.4 is 4.74 Å². The zero-order chi connectivity index (χ0) is 22.9. The summed E-state index contributed by atoms with van der Waals surface area (Å²) in [6.07, 6.45) is 15.0. The molecule has 0 radical (unpaired) electrons. The van der Waals surface area contributed by atoms with E-state index < -0.39 is 0 Å². The summed E-state index contributed by atoms with van der Waals surface area (Å²) in [6.45, 7) is 2.77. The minimum atomic E-state index is -0.151. The molecule has 0 aliphatic carbocycles. The lowest BCUT2D eigenvalue weighted by atomic mass is 9.95. The van der Waals surface area contributed by atoms with Crippen LogP contribution in [0.5, 0.6) is 5.75 Å². The molecular formula is C29H44O3. The van der Waals surface area contributed by atoms with Gasteiger partial charge in [0.2, 0.25) is 0 Å². The predicted molar refractivity (Wildman–Crippen MR) is 134 cm³/mol. The van der Waals surface area contributed by atoms with E-state index in [1.165, 1.54) is 69.8 Å². The number of aliphatic hydroxyl groups is 2. The summed E-state index contributed by atoms with van der Waals surface area (Å²) < 4.78 is 6.32. The Morgan fingerprint density at radius 1 is 0.688 bits per heavy atom. The van der Waals surface area contributed by atoms with Crippen molar-refractivity contribution in [1.29, 1.82) is 0 Å². The molecule has 0 bridgehead atoms. The number of aliphatic hydroxyl groups excluding tert-OH is 2. The summed E-state index contributed by atoms with van der Waals surface area (Å²) in [7, 11) is 0. The molecule has 0 heterocycles. The van der Waals surface area contributed by atoms with Crippen LogP contribution in [0.3, 0.4) is 0 Å². The van der Waals surface area contributed by atoms with Gasteiger partial charge in [0.25, 0.3) is 0 Å². The molecule has 3 heteroatoms. The monoisotopic (exact) mass is 440 g/mol. The topological polar surface area (TPSA) is 49.7 Å². The minimum absolute atomic E-state index is 0.0166. The third-order valence-electron chi connectivity index (χ3n) is 6.23. The quantitative estimate of drug-likeness (QED) is 0.249. The molecule has 2 aromatic carbocycles. The SMILES string of the molecule is CCCCCCCCCCCCc1cccc(CC(CO)CO)c1OCc1ccccc1. The zero-order valence-electron chi connectivity index (χ0n) is 20.1. The van der Waals surface area contributed by atoms with Crippen LogP contribution in [-0.4, -0.2) is 23.4 Å². The van der Waals surface area contributed by atoms with Gasteiger partial charge < -0.3 is 14.9 Å². The number of rotatable bonds is 18. The van der Waals surface area contributed by atoms with E-state index in [9.17, 15) is 10.2 Å². The number of ether oxygens (including phenoxy) is 1. The van der Waals surface area contributed by atoms with Crippen LogP contribution in [0, 0.1) is 5.92 Å². The Kier molecular flexibility index (Phi) is 13.8. The average molecular weight is 441 g/mol. The largest absolute Gasteiger partial charge is 0.488 e. The lowest BCUT2D eigenvalue weighted by molar-refractivity contribution is 0.149. The fraction of sp³-hybridized carbons (Fsp3) is 0.586. The third-order valence-corrected chi connectivity index (χ3v) is 6.23. The maximum absolute atomic E-state index is 9.56. The molecule has 0 unspecified atom stereocenters. The minimum Gasteiger partial charge on any atom is -0.488 e. The lowest BCUT2D eigenvalue weighted by Gasteiger charge is -2.19.